The molecule has 4 rings (SSSR count). The van der Waals surface area contributed by atoms with Crippen molar-refractivity contribution in [2.75, 3.05) is 18.4 Å². The zero-order valence-corrected chi connectivity index (χ0v) is 15.8. The van der Waals surface area contributed by atoms with Crippen molar-refractivity contribution in [2.45, 2.75) is 12.5 Å². The van der Waals surface area contributed by atoms with Crippen molar-refractivity contribution < 1.29 is 4.79 Å². The maximum Gasteiger partial charge on any atom is 0.246 e. The summed E-state index contributed by atoms with van der Waals surface area (Å²) in [6, 6.07) is 9.45. The number of aromatic amines is 1. The summed E-state index contributed by atoms with van der Waals surface area (Å²) in [5.74, 6) is 6.91. The van der Waals surface area contributed by atoms with Gasteiger partial charge in [0.25, 0.3) is 0 Å². The van der Waals surface area contributed by atoms with Crippen LogP contribution in [0.1, 0.15) is 17.7 Å². The highest BCUT2D eigenvalue weighted by molar-refractivity contribution is 6.30. The van der Waals surface area contributed by atoms with Crippen LogP contribution >= 0.6 is 11.6 Å². The molecule has 0 aliphatic carbocycles. The molecule has 7 heteroatoms. The zero-order chi connectivity index (χ0) is 19.5. The average molecular weight is 392 g/mol. The number of hydrogen-bond donors (Lipinski definition) is 2. The number of nitrogens with zero attached hydrogens (tertiary/aromatic N) is 3. The molecule has 1 fully saturated rings. The first-order chi connectivity index (χ1) is 13.6. The highest BCUT2D eigenvalue weighted by atomic mass is 35.5. The van der Waals surface area contributed by atoms with E-state index in [1.807, 2.05) is 30.3 Å². The molecule has 6 nitrogen and oxygen atoms in total. The Balaban J connectivity index is 1.54. The first-order valence-electron chi connectivity index (χ1n) is 8.91. The Morgan fingerprint density at radius 2 is 2.14 bits per heavy atom. The number of halogens is 1. The number of likely N-dealkylation sites (tertiary alicyclic amines) is 1. The first kappa shape index (κ1) is 18.1. The Morgan fingerprint density at radius 1 is 1.32 bits per heavy atom. The summed E-state index contributed by atoms with van der Waals surface area (Å²) in [6.45, 7) is 4.88. The normalized spacial score (nSPS) is 15.9. The predicted octanol–water partition coefficient (Wildman–Crippen LogP) is 3.21. The number of fused-ring (bicyclic) bond motifs is 1. The number of benzene rings is 1. The van der Waals surface area contributed by atoms with Crippen LogP contribution < -0.4 is 5.32 Å². The topological polar surface area (TPSA) is 73.9 Å². The summed E-state index contributed by atoms with van der Waals surface area (Å²) in [5.41, 5.74) is 2.35. The molecule has 1 aromatic carbocycles. The van der Waals surface area contributed by atoms with Gasteiger partial charge in [0.15, 0.2) is 0 Å². The number of carbonyl (C=O) groups is 1. The van der Waals surface area contributed by atoms with Crippen molar-refractivity contribution in [3.05, 3.63) is 65.6 Å². The van der Waals surface area contributed by atoms with E-state index in [0.29, 0.717) is 18.1 Å². The van der Waals surface area contributed by atoms with Gasteiger partial charge in [-0.25, -0.2) is 9.97 Å². The van der Waals surface area contributed by atoms with Gasteiger partial charge in [-0.3, -0.25) is 4.79 Å². The highest BCUT2D eigenvalue weighted by Crippen LogP contribution is 2.23. The molecule has 0 bridgehead atoms. The Bertz CT molecular complexity index is 1090. The fourth-order valence-electron chi connectivity index (χ4n) is 3.20. The van der Waals surface area contributed by atoms with Gasteiger partial charge < -0.3 is 15.2 Å². The van der Waals surface area contributed by atoms with Crippen LogP contribution in [0.5, 0.6) is 0 Å². The number of amides is 1. The average Bonchev–Trinajstić information content (AvgIpc) is 3.34. The Kier molecular flexibility index (Phi) is 5.00. The molecule has 1 atom stereocenters. The fraction of sp³-hybridized carbons (Fsp3) is 0.190. The van der Waals surface area contributed by atoms with Gasteiger partial charge >= 0.3 is 0 Å². The van der Waals surface area contributed by atoms with Crippen LogP contribution in [0.2, 0.25) is 5.02 Å². The quantitative estimate of drug-likeness (QED) is 0.531. The second-order valence-electron chi connectivity index (χ2n) is 6.54. The van der Waals surface area contributed by atoms with Gasteiger partial charge in [-0.05, 0) is 48.7 Å². The van der Waals surface area contributed by atoms with E-state index in [0.717, 1.165) is 34.5 Å². The molecule has 140 valence electrons. The lowest BCUT2D eigenvalue weighted by Crippen LogP contribution is -2.30. The first-order valence-corrected chi connectivity index (χ1v) is 9.29. The van der Waals surface area contributed by atoms with Gasteiger partial charge in [-0.15, -0.1) is 0 Å². The van der Waals surface area contributed by atoms with Crippen LogP contribution in [-0.4, -0.2) is 44.9 Å². The Hall–Kier alpha value is -3.30. The van der Waals surface area contributed by atoms with Crippen molar-refractivity contribution in [1.29, 1.82) is 0 Å². The van der Waals surface area contributed by atoms with E-state index >= 15 is 0 Å². The molecular formula is C21H18ClN5O. The van der Waals surface area contributed by atoms with Crippen molar-refractivity contribution in [2.24, 2.45) is 0 Å². The SMILES string of the molecule is C=CC(=O)N1CCC(Nc2ncnc3[nH]c(C#Cc4ccc(Cl)cc4)cc23)C1. The molecule has 1 amide bonds. The third kappa shape index (κ3) is 3.85. The van der Waals surface area contributed by atoms with E-state index in [2.05, 4.69) is 38.7 Å². The van der Waals surface area contributed by atoms with Crippen LogP contribution in [0.4, 0.5) is 5.82 Å². The smallest absolute Gasteiger partial charge is 0.246 e. The minimum Gasteiger partial charge on any atom is -0.365 e. The molecule has 0 spiro atoms. The third-order valence-electron chi connectivity index (χ3n) is 4.63. The second kappa shape index (κ2) is 7.75. The van der Waals surface area contributed by atoms with E-state index in [1.54, 1.807) is 4.90 Å². The van der Waals surface area contributed by atoms with E-state index in [-0.39, 0.29) is 11.9 Å². The predicted molar refractivity (Wildman–Crippen MR) is 110 cm³/mol. The zero-order valence-electron chi connectivity index (χ0n) is 15.1. The van der Waals surface area contributed by atoms with Crippen molar-refractivity contribution in [3.8, 4) is 11.8 Å². The largest absolute Gasteiger partial charge is 0.365 e. The molecule has 0 radical (unpaired) electrons. The molecule has 1 saturated heterocycles. The van der Waals surface area contributed by atoms with Gasteiger partial charge in [-0.2, -0.15) is 0 Å². The lowest BCUT2D eigenvalue weighted by molar-refractivity contribution is -0.125. The second-order valence-corrected chi connectivity index (χ2v) is 6.98. The number of hydrogen-bond acceptors (Lipinski definition) is 4. The summed E-state index contributed by atoms with van der Waals surface area (Å²) >= 11 is 5.90. The monoisotopic (exact) mass is 391 g/mol. The molecular weight excluding hydrogens is 374 g/mol. The molecule has 3 heterocycles. The summed E-state index contributed by atoms with van der Waals surface area (Å²) < 4.78 is 0. The van der Waals surface area contributed by atoms with Crippen molar-refractivity contribution in [1.82, 2.24) is 19.9 Å². The van der Waals surface area contributed by atoms with Gasteiger partial charge in [0.2, 0.25) is 5.91 Å². The molecule has 2 N–H and O–H groups in total. The Morgan fingerprint density at radius 3 is 2.93 bits per heavy atom. The lowest BCUT2D eigenvalue weighted by Gasteiger charge is -2.15. The molecule has 1 unspecified atom stereocenters. The highest BCUT2D eigenvalue weighted by Gasteiger charge is 2.25. The van der Waals surface area contributed by atoms with E-state index < -0.39 is 0 Å². The van der Waals surface area contributed by atoms with Crippen LogP contribution in [0.15, 0.2) is 49.3 Å². The number of H-pyrrole nitrogens is 1. The molecule has 3 aromatic rings. The minimum atomic E-state index is -0.0430. The van der Waals surface area contributed by atoms with Crippen molar-refractivity contribution in [3.63, 3.8) is 0 Å². The number of aromatic nitrogens is 3. The summed E-state index contributed by atoms with van der Waals surface area (Å²) in [4.78, 5) is 25.4. The van der Waals surface area contributed by atoms with Crippen LogP contribution in [0.25, 0.3) is 11.0 Å². The van der Waals surface area contributed by atoms with Crippen LogP contribution in [-0.2, 0) is 4.79 Å². The Labute approximate surface area is 167 Å². The number of carbonyl (C=O) groups excluding carboxylic acids is 1. The standard InChI is InChI=1S/C21H18ClN5O/c1-2-19(28)27-10-9-17(12-27)26-21-18-11-16(25-20(18)23-13-24-21)8-5-14-3-6-15(22)7-4-14/h2-4,6-7,11,13,17H,1,9-10,12H2,(H2,23,24,25,26). The number of rotatable bonds is 3. The van der Waals surface area contributed by atoms with Crippen LogP contribution in [0, 0.1) is 11.8 Å². The van der Waals surface area contributed by atoms with E-state index in [4.69, 9.17) is 11.6 Å². The summed E-state index contributed by atoms with van der Waals surface area (Å²) in [6.07, 6.45) is 3.72. The van der Waals surface area contributed by atoms with Crippen molar-refractivity contribution >= 4 is 34.4 Å². The third-order valence-corrected chi connectivity index (χ3v) is 4.88. The van der Waals surface area contributed by atoms with Crippen LogP contribution in [0.3, 0.4) is 0 Å². The molecule has 0 saturated carbocycles. The lowest BCUT2D eigenvalue weighted by atomic mass is 10.2. The molecule has 2 aromatic heterocycles. The fourth-order valence-corrected chi connectivity index (χ4v) is 3.32. The van der Waals surface area contributed by atoms with Gasteiger partial charge in [0, 0.05) is 29.7 Å². The number of nitrogens with one attached hydrogen (secondary N) is 2. The summed E-state index contributed by atoms with van der Waals surface area (Å²) in [7, 11) is 0. The summed E-state index contributed by atoms with van der Waals surface area (Å²) in [5, 5.41) is 4.98. The van der Waals surface area contributed by atoms with Gasteiger partial charge in [0.05, 0.1) is 11.1 Å². The van der Waals surface area contributed by atoms with E-state index in [1.165, 1.54) is 12.4 Å². The maximum atomic E-state index is 11.8. The van der Waals surface area contributed by atoms with Gasteiger partial charge in [-0.1, -0.05) is 24.1 Å². The minimum absolute atomic E-state index is 0.0430. The molecule has 28 heavy (non-hydrogen) atoms. The maximum absolute atomic E-state index is 11.8. The van der Waals surface area contributed by atoms with E-state index in [9.17, 15) is 4.79 Å². The molecule has 1 aliphatic rings. The number of anilines is 1. The van der Waals surface area contributed by atoms with Gasteiger partial charge in [0.1, 0.15) is 17.8 Å². The molecule has 1 aliphatic heterocycles.